The Labute approximate surface area is 162 Å². The normalized spacial score (nSPS) is 20.2. The van der Waals surface area contributed by atoms with Gasteiger partial charge in [-0.1, -0.05) is 12.1 Å². The zero-order chi connectivity index (χ0) is 19.7. The topological polar surface area (TPSA) is 76.5 Å². The highest BCUT2D eigenvalue weighted by atomic mass is 19.1. The Bertz CT molecular complexity index is 876. The van der Waals surface area contributed by atoms with Gasteiger partial charge < -0.3 is 15.0 Å². The van der Waals surface area contributed by atoms with Crippen molar-refractivity contribution in [2.45, 2.75) is 13.5 Å². The number of ether oxygens (including phenoxy) is 1. The third-order valence-corrected chi connectivity index (χ3v) is 5.60. The number of carbonyl (C=O) groups excluding carboxylic acids is 2. The predicted octanol–water partition coefficient (Wildman–Crippen LogP) is 1.30. The molecule has 148 valence electrons. The van der Waals surface area contributed by atoms with E-state index in [4.69, 9.17) is 4.74 Å². The SMILES string of the molecule is CCOC(=O)C1CN(C(=O)c2cnn(Cc3ccc(F)cc3)c2)CC12CNC2. The van der Waals surface area contributed by atoms with Gasteiger partial charge in [-0.15, -0.1) is 0 Å². The average Bonchev–Trinajstić information content (AvgIpc) is 3.28. The molecule has 1 N–H and O–H groups in total. The Morgan fingerprint density at radius 1 is 1.32 bits per heavy atom. The molecule has 1 amide bonds. The molecule has 2 saturated heterocycles. The molecule has 2 fully saturated rings. The Morgan fingerprint density at radius 2 is 2.07 bits per heavy atom. The largest absolute Gasteiger partial charge is 0.466 e. The van der Waals surface area contributed by atoms with E-state index in [1.165, 1.54) is 18.3 Å². The van der Waals surface area contributed by atoms with E-state index in [-0.39, 0.29) is 29.0 Å². The summed E-state index contributed by atoms with van der Waals surface area (Å²) in [6.07, 6.45) is 3.23. The maximum Gasteiger partial charge on any atom is 0.311 e. The van der Waals surface area contributed by atoms with E-state index in [2.05, 4.69) is 10.4 Å². The summed E-state index contributed by atoms with van der Waals surface area (Å²) in [6.45, 7) is 4.90. The molecule has 0 saturated carbocycles. The first-order valence-corrected chi connectivity index (χ1v) is 9.44. The fourth-order valence-electron chi connectivity index (χ4n) is 4.02. The number of carbonyl (C=O) groups is 2. The second-order valence-electron chi connectivity index (χ2n) is 7.51. The van der Waals surface area contributed by atoms with Gasteiger partial charge in [-0.3, -0.25) is 14.3 Å². The van der Waals surface area contributed by atoms with Gasteiger partial charge in [-0.25, -0.2) is 4.39 Å². The highest BCUT2D eigenvalue weighted by Gasteiger charge is 2.55. The summed E-state index contributed by atoms with van der Waals surface area (Å²) < 4.78 is 19.9. The maximum absolute atomic E-state index is 13.0. The van der Waals surface area contributed by atoms with Crippen molar-refractivity contribution in [2.75, 3.05) is 32.8 Å². The average molecular weight is 386 g/mol. The summed E-state index contributed by atoms with van der Waals surface area (Å²) in [6, 6.07) is 6.18. The minimum absolute atomic E-state index is 0.136. The van der Waals surface area contributed by atoms with Crippen LogP contribution < -0.4 is 5.32 Å². The molecule has 3 heterocycles. The Kier molecular flexibility index (Phi) is 4.89. The van der Waals surface area contributed by atoms with Crippen LogP contribution in [0.25, 0.3) is 0 Å². The van der Waals surface area contributed by atoms with Gasteiger partial charge in [0.1, 0.15) is 5.82 Å². The van der Waals surface area contributed by atoms with E-state index in [9.17, 15) is 14.0 Å². The van der Waals surface area contributed by atoms with Crippen molar-refractivity contribution in [2.24, 2.45) is 11.3 Å². The van der Waals surface area contributed by atoms with E-state index >= 15 is 0 Å². The van der Waals surface area contributed by atoms with Gasteiger partial charge in [0.15, 0.2) is 0 Å². The number of aromatic nitrogens is 2. The van der Waals surface area contributed by atoms with Gasteiger partial charge in [-0.2, -0.15) is 5.10 Å². The number of benzene rings is 1. The summed E-state index contributed by atoms with van der Waals surface area (Å²) >= 11 is 0. The number of likely N-dealkylation sites (tertiary alicyclic amines) is 1. The number of nitrogens with one attached hydrogen (secondary N) is 1. The standard InChI is InChI=1S/C20H23FN4O3/c1-2-28-19(27)17-10-24(13-20(17)11-22-12-20)18(26)15-7-23-25(9-15)8-14-3-5-16(21)6-4-14/h3-7,9,17,22H,2,8,10-13H2,1H3. The number of amides is 1. The molecule has 1 aromatic heterocycles. The van der Waals surface area contributed by atoms with Gasteiger partial charge in [0.2, 0.25) is 0 Å². The molecule has 1 spiro atoms. The molecule has 1 aromatic carbocycles. The van der Waals surface area contributed by atoms with E-state index < -0.39 is 0 Å². The van der Waals surface area contributed by atoms with Crippen LogP contribution in [0, 0.1) is 17.2 Å². The lowest BCUT2D eigenvalue weighted by atomic mass is 9.73. The van der Waals surface area contributed by atoms with Crippen LogP contribution in [-0.4, -0.2) is 59.3 Å². The molecule has 7 nitrogen and oxygen atoms in total. The number of hydrogen-bond acceptors (Lipinski definition) is 5. The van der Waals surface area contributed by atoms with E-state index in [1.54, 1.807) is 34.8 Å². The fraction of sp³-hybridized carbons (Fsp3) is 0.450. The molecule has 2 aromatic rings. The van der Waals surface area contributed by atoms with Gasteiger partial charge in [0.05, 0.1) is 30.8 Å². The van der Waals surface area contributed by atoms with Crippen LogP contribution in [0.2, 0.25) is 0 Å². The lowest BCUT2D eigenvalue weighted by molar-refractivity contribution is -0.152. The molecule has 28 heavy (non-hydrogen) atoms. The monoisotopic (exact) mass is 386 g/mol. The molecule has 1 unspecified atom stereocenters. The molecular weight excluding hydrogens is 363 g/mol. The van der Waals surface area contributed by atoms with Crippen LogP contribution in [0.1, 0.15) is 22.8 Å². The van der Waals surface area contributed by atoms with Crippen molar-refractivity contribution in [3.05, 3.63) is 53.6 Å². The van der Waals surface area contributed by atoms with Crippen molar-refractivity contribution in [1.29, 1.82) is 0 Å². The summed E-state index contributed by atoms with van der Waals surface area (Å²) in [4.78, 5) is 27.0. The quantitative estimate of drug-likeness (QED) is 0.784. The number of esters is 1. The zero-order valence-corrected chi connectivity index (χ0v) is 15.7. The van der Waals surface area contributed by atoms with Crippen LogP contribution in [0.15, 0.2) is 36.7 Å². The molecule has 1 atom stereocenters. The third-order valence-electron chi connectivity index (χ3n) is 5.60. The van der Waals surface area contributed by atoms with Gasteiger partial charge in [-0.05, 0) is 24.6 Å². The lowest BCUT2D eigenvalue weighted by Crippen LogP contribution is -2.59. The van der Waals surface area contributed by atoms with Crippen molar-refractivity contribution < 1.29 is 18.7 Å². The van der Waals surface area contributed by atoms with Crippen molar-refractivity contribution >= 4 is 11.9 Å². The van der Waals surface area contributed by atoms with Crippen molar-refractivity contribution in [3.8, 4) is 0 Å². The highest BCUT2D eigenvalue weighted by Crippen LogP contribution is 2.40. The zero-order valence-electron chi connectivity index (χ0n) is 15.7. The summed E-state index contributed by atoms with van der Waals surface area (Å²) in [7, 11) is 0. The Morgan fingerprint density at radius 3 is 2.71 bits per heavy atom. The minimum atomic E-state index is -0.299. The molecule has 4 rings (SSSR count). The summed E-state index contributed by atoms with van der Waals surface area (Å²) in [5, 5.41) is 7.47. The van der Waals surface area contributed by atoms with Crippen LogP contribution >= 0.6 is 0 Å². The molecule has 0 aliphatic carbocycles. The smallest absolute Gasteiger partial charge is 0.311 e. The number of rotatable bonds is 5. The third kappa shape index (κ3) is 3.40. The van der Waals surface area contributed by atoms with E-state index in [0.29, 0.717) is 44.9 Å². The van der Waals surface area contributed by atoms with Gasteiger partial charge in [0, 0.05) is 37.8 Å². The number of hydrogen-bond donors (Lipinski definition) is 1. The summed E-state index contributed by atoms with van der Waals surface area (Å²) in [5.41, 5.74) is 1.15. The molecular formula is C20H23FN4O3. The number of nitrogens with zero attached hydrogens (tertiary/aromatic N) is 3. The minimum Gasteiger partial charge on any atom is -0.466 e. The van der Waals surface area contributed by atoms with E-state index in [1.807, 2.05) is 0 Å². The molecule has 0 bridgehead atoms. The van der Waals surface area contributed by atoms with Crippen LogP contribution in [0.5, 0.6) is 0 Å². The first kappa shape index (κ1) is 18.6. The fourth-order valence-corrected chi connectivity index (χ4v) is 4.02. The molecule has 2 aliphatic heterocycles. The molecule has 0 radical (unpaired) electrons. The second-order valence-corrected chi connectivity index (χ2v) is 7.51. The van der Waals surface area contributed by atoms with E-state index in [0.717, 1.165) is 5.56 Å². The van der Waals surface area contributed by atoms with Gasteiger partial charge >= 0.3 is 5.97 Å². The second kappa shape index (κ2) is 7.35. The Balaban J connectivity index is 1.45. The van der Waals surface area contributed by atoms with Crippen molar-refractivity contribution in [3.63, 3.8) is 0 Å². The maximum atomic E-state index is 13.0. The Hall–Kier alpha value is -2.74. The molecule has 2 aliphatic rings. The van der Waals surface area contributed by atoms with Crippen LogP contribution in [-0.2, 0) is 16.1 Å². The first-order chi connectivity index (χ1) is 13.5. The first-order valence-electron chi connectivity index (χ1n) is 9.44. The predicted molar refractivity (Wildman–Crippen MR) is 99.1 cm³/mol. The number of halogens is 1. The van der Waals surface area contributed by atoms with Crippen molar-refractivity contribution in [1.82, 2.24) is 20.0 Å². The summed E-state index contributed by atoms with van der Waals surface area (Å²) in [5.74, 6) is -0.952. The van der Waals surface area contributed by atoms with Gasteiger partial charge in [0.25, 0.3) is 5.91 Å². The highest BCUT2D eigenvalue weighted by molar-refractivity contribution is 5.94. The molecule has 8 heteroatoms. The van der Waals surface area contributed by atoms with Crippen LogP contribution in [0.3, 0.4) is 0 Å². The van der Waals surface area contributed by atoms with Crippen LogP contribution in [0.4, 0.5) is 4.39 Å². The lowest BCUT2D eigenvalue weighted by Gasteiger charge is -2.42.